The molecule has 96 valence electrons. The van der Waals surface area contributed by atoms with Crippen LogP contribution in [0.25, 0.3) is 0 Å². The van der Waals surface area contributed by atoms with Crippen LogP contribution in [0, 0.1) is 0 Å². The van der Waals surface area contributed by atoms with Crippen LogP contribution >= 0.6 is 11.3 Å². The summed E-state index contributed by atoms with van der Waals surface area (Å²) in [5, 5.41) is 23.2. The molecular formula is C12H19NO3S. The first-order chi connectivity index (χ1) is 8.06. The summed E-state index contributed by atoms with van der Waals surface area (Å²) in [6.45, 7) is 4.75. The second-order valence-electron chi connectivity index (χ2n) is 4.11. The minimum absolute atomic E-state index is 0.0944. The lowest BCUT2D eigenvalue weighted by Gasteiger charge is -2.30. The Bertz CT molecular complexity index is 363. The highest BCUT2D eigenvalue weighted by Gasteiger charge is 2.24. The fraction of sp³-hybridized carbons (Fsp3) is 0.583. The van der Waals surface area contributed by atoms with Gasteiger partial charge in [0.1, 0.15) is 0 Å². The molecule has 0 aliphatic heterocycles. The van der Waals surface area contributed by atoms with Crippen molar-refractivity contribution in [1.82, 2.24) is 5.32 Å². The number of carbonyl (C=O) groups is 1. The number of aliphatic hydroxyl groups excluding tert-OH is 1. The molecule has 0 aromatic carbocycles. The molecule has 0 unspecified atom stereocenters. The number of thiophene rings is 1. The largest absolute Gasteiger partial charge is 0.478 e. The van der Waals surface area contributed by atoms with Crippen LogP contribution in [0.5, 0.6) is 0 Å². The Hall–Kier alpha value is -0.910. The zero-order chi connectivity index (χ0) is 12.9. The topological polar surface area (TPSA) is 69.6 Å². The van der Waals surface area contributed by atoms with E-state index in [1.54, 1.807) is 11.4 Å². The maximum absolute atomic E-state index is 10.7. The van der Waals surface area contributed by atoms with Gasteiger partial charge in [0.2, 0.25) is 0 Å². The van der Waals surface area contributed by atoms with E-state index in [1.807, 2.05) is 13.8 Å². The predicted octanol–water partition coefficient (Wildman–Crippen LogP) is 2.09. The Morgan fingerprint density at radius 2 is 2.12 bits per heavy atom. The predicted molar refractivity (Wildman–Crippen MR) is 68.5 cm³/mol. The number of carboxylic acids is 1. The molecule has 0 radical (unpaired) electrons. The van der Waals surface area contributed by atoms with Gasteiger partial charge in [-0.2, -0.15) is 0 Å². The monoisotopic (exact) mass is 257 g/mol. The summed E-state index contributed by atoms with van der Waals surface area (Å²) in [4.78, 5) is 11.7. The SMILES string of the molecule is CCC(CC)(CO)NCc1cc(C(=O)O)cs1. The van der Waals surface area contributed by atoms with E-state index in [4.69, 9.17) is 5.11 Å². The van der Waals surface area contributed by atoms with Crippen molar-refractivity contribution in [3.63, 3.8) is 0 Å². The summed E-state index contributed by atoms with van der Waals surface area (Å²) in [6.07, 6.45) is 1.69. The van der Waals surface area contributed by atoms with E-state index >= 15 is 0 Å². The van der Waals surface area contributed by atoms with Crippen molar-refractivity contribution < 1.29 is 15.0 Å². The van der Waals surface area contributed by atoms with Gasteiger partial charge in [0.15, 0.2) is 0 Å². The third-order valence-corrected chi connectivity index (χ3v) is 4.13. The number of rotatable bonds is 7. The Balaban J connectivity index is 2.62. The van der Waals surface area contributed by atoms with Gasteiger partial charge in [0.25, 0.3) is 0 Å². The first-order valence-electron chi connectivity index (χ1n) is 5.73. The molecule has 1 aromatic heterocycles. The lowest BCUT2D eigenvalue weighted by molar-refractivity contribution is 0.0697. The summed E-state index contributed by atoms with van der Waals surface area (Å²) in [7, 11) is 0. The first-order valence-corrected chi connectivity index (χ1v) is 6.61. The van der Waals surface area contributed by atoms with Crippen LogP contribution in [-0.2, 0) is 6.54 Å². The smallest absolute Gasteiger partial charge is 0.336 e. The van der Waals surface area contributed by atoms with Crippen molar-refractivity contribution in [3.05, 3.63) is 21.9 Å². The number of hydrogen-bond donors (Lipinski definition) is 3. The summed E-state index contributed by atoms with van der Waals surface area (Å²) >= 11 is 1.43. The van der Waals surface area contributed by atoms with Crippen molar-refractivity contribution in [2.45, 2.75) is 38.8 Å². The number of aromatic carboxylic acids is 1. The highest BCUT2D eigenvalue weighted by atomic mass is 32.1. The van der Waals surface area contributed by atoms with Crippen LogP contribution in [0.15, 0.2) is 11.4 Å². The van der Waals surface area contributed by atoms with Crippen LogP contribution in [0.4, 0.5) is 0 Å². The maximum Gasteiger partial charge on any atom is 0.336 e. The normalized spacial score (nSPS) is 11.7. The minimum atomic E-state index is -0.896. The number of aliphatic hydroxyl groups is 1. The Morgan fingerprint density at radius 3 is 2.53 bits per heavy atom. The zero-order valence-corrected chi connectivity index (χ0v) is 11.0. The third-order valence-electron chi connectivity index (χ3n) is 3.19. The lowest BCUT2D eigenvalue weighted by atomic mass is 9.94. The quantitative estimate of drug-likeness (QED) is 0.699. The highest BCUT2D eigenvalue weighted by molar-refractivity contribution is 7.10. The minimum Gasteiger partial charge on any atom is -0.478 e. The fourth-order valence-electron chi connectivity index (χ4n) is 1.64. The standard InChI is InChI=1S/C12H19NO3S/c1-3-12(4-2,8-14)13-6-10-5-9(7-17-10)11(15)16/h5,7,13-14H,3-4,6,8H2,1-2H3,(H,15,16). The first kappa shape index (κ1) is 14.2. The Labute approximate surface area is 105 Å². The molecule has 0 saturated carbocycles. The molecule has 5 heteroatoms. The molecule has 1 heterocycles. The van der Waals surface area contributed by atoms with E-state index in [0.717, 1.165) is 17.7 Å². The molecular weight excluding hydrogens is 238 g/mol. The fourth-order valence-corrected chi connectivity index (χ4v) is 2.44. The van der Waals surface area contributed by atoms with Gasteiger partial charge in [-0.25, -0.2) is 4.79 Å². The molecule has 0 spiro atoms. The second-order valence-corrected chi connectivity index (χ2v) is 5.10. The van der Waals surface area contributed by atoms with Crippen LogP contribution in [-0.4, -0.2) is 28.3 Å². The molecule has 3 N–H and O–H groups in total. The van der Waals surface area contributed by atoms with Gasteiger partial charge in [-0.15, -0.1) is 11.3 Å². The van der Waals surface area contributed by atoms with Gasteiger partial charge in [-0.1, -0.05) is 13.8 Å². The highest BCUT2D eigenvalue weighted by Crippen LogP contribution is 2.18. The molecule has 17 heavy (non-hydrogen) atoms. The van der Waals surface area contributed by atoms with Gasteiger partial charge in [0, 0.05) is 22.3 Å². The van der Waals surface area contributed by atoms with Gasteiger partial charge in [0.05, 0.1) is 12.2 Å². The van der Waals surface area contributed by atoms with Gasteiger partial charge < -0.3 is 15.5 Å². The van der Waals surface area contributed by atoms with E-state index in [-0.39, 0.29) is 12.1 Å². The van der Waals surface area contributed by atoms with Crippen LogP contribution in [0.1, 0.15) is 41.9 Å². The van der Waals surface area contributed by atoms with Crippen LogP contribution < -0.4 is 5.32 Å². The average molecular weight is 257 g/mol. The molecule has 0 aliphatic carbocycles. The Morgan fingerprint density at radius 1 is 1.47 bits per heavy atom. The molecule has 0 bridgehead atoms. The maximum atomic E-state index is 10.7. The van der Waals surface area contributed by atoms with Gasteiger partial charge in [-0.3, -0.25) is 0 Å². The number of nitrogens with one attached hydrogen (secondary N) is 1. The molecule has 4 nitrogen and oxygen atoms in total. The summed E-state index contributed by atoms with van der Waals surface area (Å²) in [5.74, 6) is -0.896. The van der Waals surface area contributed by atoms with Gasteiger partial charge in [-0.05, 0) is 18.9 Å². The van der Waals surface area contributed by atoms with Crippen molar-refractivity contribution >= 4 is 17.3 Å². The van der Waals surface area contributed by atoms with E-state index in [1.165, 1.54) is 11.3 Å². The molecule has 0 aliphatic rings. The summed E-state index contributed by atoms with van der Waals surface area (Å²) in [6, 6.07) is 1.67. The molecule has 0 saturated heterocycles. The van der Waals surface area contributed by atoms with E-state index in [9.17, 15) is 9.90 Å². The van der Waals surface area contributed by atoms with Crippen molar-refractivity contribution in [1.29, 1.82) is 0 Å². The van der Waals surface area contributed by atoms with Crippen molar-refractivity contribution in [2.24, 2.45) is 0 Å². The zero-order valence-electron chi connectivity index (χ0n) is 10.2. The van der Waals surface area contributed by atoms with Crippen molar-refractivity contribution in [3.8, 4) is 0 Å². The third kappa shape index (κ3) is 3.52. The van der Waals surface area contributed by atoms with E-state index < -0.39 is 5.97 Å². The van der Waals surface area contributed by atoms with Crippen molar-refractivity contribution in [2.75, 3.05) is 6.61 Å². The van der Waals surface area contributed by atoms with Crippen LogP contribution in [0.2, 0.25) is 0 Å². The molecule has 0 atom stereocenters. The second kappa shape index (κ2) is 6.14. The van der Waals surface area contributed by atoms with Crippen LogP contribution in [0.3, 0.4) is 0 Å². The molecule has 0 fully saturated rings. The Kier molecular flexibility index (Phi) is 5.11. The lowest BCUT2D eigenvalue weighted by Crippen LogP contribution is -2.46. The summed E-state index contributed by atoms with van der Waals surface area (Å²) in [5.41, 5.74) is 0.0716. The average Bonchev–Trinajstić information content (AvgIpc) is 2.81. The summed E-state index contributed by atoms with van der Waals surface area (Å²) < 4.78 is 0. The molecule has 1 rings (SSSR count). The molecule has 0 amide bonds. The van der Waals surface area contributed by atoms with Gasteiger partial charge >= 0.3 is 5.97 Å². The van der Waals surface area contributed by atoms with E-state index in [2.05, 4.69) is 5.32 Å². The number of hydrogen-bond acceptors (Lipinski definition) is 4. The number of carboxylic acid groups (broad SMARTS) is 1. The molecule has 1 aromatic rings. The van der Waals surface area contributed by atoms with E-state index in [0.29, 0.717) is 12.1 Å².